The van der Waals surface area contributed by atoms with Crippen molar-refractivity contribution in [2.24, 2.45) is 5.73 Å². The highest BCUT2D eigenvalue weighted by atomic mass is 32.1. The number of thiazole rings is 1. The standard InChI is InChI=1S/C13H12N4O2S/c1-18-10-5-3-2-4-8(10)12-16-13(19-17-12)9-7-20-11(6-14)15-9/h2-5,7H,6,14H2,1H3. The van der Waals surface area contributed by atoms with Crippen LogP contribution < -0.4 is 10.5 Å². The summed E-state index contributed by atoms with van der Waals surface area (Å²) < 4.78 is 10.5. The molecule has 0 aliphatic heterocycles. The molecule has 2 heterocycles. The summed E-state index contributed by atoms with van der Waals surface area (Å²) in [7, 11) is 1.60. The first kappa shape index (κ1) is 12.8. The lowest BCUT2D eigenvalue weighted by Gasteiger charge is -2.02. The number of aromatic nitrogens is 3. The molecule has 0 unspecified atom stereocenters. The molecule has 0 aliphatic rings. The molecule has 3 rings (SSSR count). The van der Waals surface area contributed by atoms with Gasteiger partial charge in [0.15, 0.2) is 0 Å². The maximum absolute atomic E-state index is 5.54. The molecule has 0 saturated carbocycles. The molecule has 2 N–H and O–H groups in total. The Morgan fingerprint density at radius 1 is 1.30 bits per heavy atom. The molecule has 0 saturated heterocycles. The van der Waals surface area contributed by atoms with Crippen molar-refractivity contribution >= 4 is 11.3 Å². The molecule has 0 spiro atoms. The highest BCUT2D eigenvalue weighted by Crippen LogP contribution is 2.29. The summed E-state index contributed by atoms with van der Waals surface area (Å²) in [6, 6.07) is 7.50. The summed E-state index contributed by atoms with van der Waals surface area (Å²) in [5.41, 5.74) is 6.96. The van der Waals surface area contributed by atoms with E-state index in [0.29, 0.717) is 29.7 Å². The predicted molar refractivity (Wildman–Crippen MR) is 75.3 cm³/mol. The Morgan fingerprint density at radius 2 is 2.15 bits per heavy atom. The van der Waals surface area contributed by atoms with Crippen molar-refractivity contribution in [1.29, 1.82) is 0 Å². The molecular formula is C13H12N4O2S. The van der Waals surface area contributed by atoms with Gasteiger partial charge in [-0.15, -0.1) is 11.3 Å². The first-order valence-electron chi connectivity index (χ1n) is 5.93. The summed E-state index contributed by atoms with van der Waals surface area (Å²) >= 11 is 1.47. The Morgan fingerprint density at radius 3 is 2.90 bits per heavy atom. The van der Waals surface area contributed by atoms with Crippen molar-refractivity contribution in [3.63, 3.8) is 0 Å². The van der Waals surface area contributed by atoms with E-state index in [1.54, 1.807) is 7.11 Å². The highest BCUT2D eigenvalue weighted by Gasteiger charge is 2.15. The van der Waals surface area contributed by atoms with Crippen LogP contribution >= 0.6 is 11.3 Å². The first-order valence-corrected chi connectivity index (χ1v) is 6.81. The molecule has 0 bridgehead atoms. The third-order valence-electron chi connectivity index (χ3n) is 2.72. The van der Waals surface area contributed by atoms with Crippen LogP contribution in [-0.4, -0.2) is 22.2 Å². The first-order chi connectivity index (χ1) is 9.81. The van der Waals surface area contributed by atoms with Crippen molar-refractivity contribution in [3.8, 4) is 28.7 Å². The summed E-state index contributed by atoms with van der Waals surface area (Å²) in [5.74, 6) is 1.54. The van der Waals surface area contributed by atoms with Gasteiger partial charge >= 0.3 is 0 Å². The lowest BCUT2D eigenvalue weighted by atomic mass is 10.2. The lowest BCUT2D eigenvalue weighted by Crippen LogP contribution is -1.94. The Kier molecular flexibility index (Phi) is 3.44. The molecule has 0 amide bonds. The largest absolute Gasteiger partial charge is 0.496 e. The second-order valence-electron chi connectivity index (χ2n) is 3.95. The van der Waals surface area contributed by atoms with Gasteiger partial charge in [0, 0.05) is 11.9 Å². The van der Waals surface area contributed by atoms with Crippen molar-refractivity contribution in [2.75, 3.05) is 7.11 Å². The molecule has 0 fully saturated rings. The minimum absolute atomic E-state index is 0.377. The average Bonchev–Trinajstić information content (AvgIpc) is 3.15. The average molecular weight is 288 g/mol. The van der Waals surface area contributed by atoms with Gasteiger partial charge in [-0.05, 0) is 12.1 Å². The van der Waals surface area contributed by atoms with Gasteiger partial charge in [-0.3, -0.25) is 0 Å². The number of ether oxygens (including phenoxy) is 1. The van der Waals surface area contributed by atoms with Gasteiger partial charge in [0.25, 0.3) is 5.89 Å². The Hall–Kier alpha value is -2.25. The lowest BCUT2D eigenvalue weighted by molar-refractivity contribution is 0.413. The summed E-state index contributed by atoms with van der Waals surface area (Å²) in [5, 5.41) is 6.65. The van der Waals surface area contributed by atoms with Crippen LogP contribution in [0.5, 0.6) is 5.75 Å². The van der Waals surface area contributed by atoms with E-state index in [9.17, 15) is 0 Å². The van der Waals surface area contributed by atoms with E-state index < -0.39 is 0 Å². The van der Waals surface area contributed by atoms with Crippen molar-refractivity contribution in [3.05, 3.63) is 34.7 Å². The van der Waals surface area contributed by atoms with Crippen molar-refractivity contribution < 1.29 is 9.26 Å². The van der Waals surface area contributed by atoms with Crippen LogP contribution in [0.1, 0.15) is 5.01 Å². The minimum Gasteiger partial charge on any atom is -0.496 e. The van der Waals surface area contributed by atoms with E-state index in [1.807, 2.05) is 29.6 Å². The second kappa shape index (κ2) is 5.40. The van der Waals surface area contributed by atoms with Crippen molar-refractivity contribution in [1.82, 2.24) is 15.1 Å². The number of benzene rings is 1. The molecule has 102 valence electrons. The molecule has 1 aromatic carbocycles. The number of para-hydroxylation sites is 1. The highest BCUT2D eigenvalue weighted by molar-refractivity contribution is 7.09. The Labute approximate surface area is 119 Å². The van der Waals surface area contributed by atoms with Crippen LogP contribution in [0.15, 0.2) is 34.2 Å². The van der Waals surface area contributed by atoms with Crippen LogP contribution in [0, 0.1) is 0 Å². The zero-order chi connectivity index (χ0) is 13.9. The Bertz CT molecular complexity index is 722. The van der Waals surface area contributed by atoms with E-state index >= 15 is 0 Å². The van der Waals surface area contributed by atoms with E-state index in [4.69, 9.17) is 15.0 Å². The number of nitrogens with zero attached hydrogens (tertiary/aromatic N) is 3. The maximum atomic E-state index is 5.54. The topological polar surface area (TPSA) is 87.1 Å². The van der Waals surface area contributed by atoms with E-state index in [0.717, 1.165) is 10.6 Å². The van der Waals surface area contributed by atoms with Crippen LogP contribution in [0.2, 0.25) is 0 Å². The number of methoxy groups -OCH3 is 1. The molecule has 6 nitrogen and oxygen atoms in total. The fourth-order valence-corrected chi connectivity index (χ4v) is 2.42. The van der Waals surface area contributed by atoms with E-state index in [-0.39, 0.29) is 0 Å². The molecule has 3 aromatic rings. The summed E-state index contributed by atoms with van der Waals surface area (Å²) in [4.78, 5) is 8.67. The minimum atomic E-state index is 0.377. The summed E-state index contributed by atoms with van der Waals surface area (Å²) in [6.45, 7) is 0.401. The summed E-state index contributed by atoms with van der Waals surface area (Å²) in [6.07, 6.45) is 0. The molecule has 0 atom stereocenters. The molecule has 0 radical (unpaired) electrons. The Balaban J connectivity index is 1.97. The molecule has 7 heteroatoms. The number of rotatable bonds is 4. The normalized spacial score (nSPS) is 10.7. The van der Waals surface area contributed by atoms with E-state index in [1.165, 1.54) is 11.3 Å². The smallest absolute Gasteiger partial charge is 0.277 e. The number of hydrogen-bond acceptors (Lipinski definition) is 7. The zero-order valence-electron chi connectivity index (χ0n) is 10.7. The van der Waals surface area contributed by atoms with Crippen LogP contribution in [0.4, 0.5) is 0 Å². The molecular weight excluding hydrogens is 276 g/mol. The van der Waals surface area contributed by atoms with Gasteiger partial charge in [-0.1, -0.05) is 17.3 Å². The monoisotopic (exact) mass is 288 g/mol. The van der Waals surface area contributed by atoms with Gasteiger partial charge in [0.05, 0.1) is 12.7 Å². The molecule has 2 aromatic heterocycles. The molecule has 0 aliphatic carbocycles. The fourth-order valence-electron chi connectivity index (χ4n) is 1.77. The van der Waals surface area contributed by atoms with Crippen molar-refractivity contribution in [2.45, 2.75) is 6.54 Å². The number of nitrogens with two attached hydrogens (primary N) is 1. The third kappa shape index (κ3) is 2.28. The van der Waals surface area contributed by atoms with Gasteiger partial charge < -0.3 is 15.0 Å². The maximum Gasteiger partial charge on any atom is 0.277 e. The van der Waals surface area contributed by atoms with Gasteiger partial charge in [0.2, 0.25) is 5.82 Å². The number of hydrogen-bond donors (Lipinski definition) is 1. The molecule has 20 heavy (non-hydrogen) atoms. The van der Waals surface area contributed by atoms with Gasteiger partial charge in [-0.2, -0.15) is 4.98 Å². The quantitative estimate of drug-likeness (QED) is 0.792. The fraction of sp³-hybridized carbons (Fsp3) is 0.154. The van der Waals surface area contributed by atoms with Gasteiger partial charge in [0.1, 0.15) is 16.5 Å². The SMILES string of the molecule is COc1ccccc1-c1noc(-c2csc(CN)n2)n1. The third-order valence-corrected chi connectivity index (χ3v) is 3.59. The predicted octanol–water partition coefficient (Wildman–Crippen LogP) is 2.33. The van der Waals surface area contributed by atoms with Crippen LogP contribution in [0.3, 0.4) is 0 Å². The second-order valence-corrected chi connectivity index (χ2v) is 4.90. The van der Waals surface area contributed by atoms with Crippen LogP contribution in [-0.2, 0) is 6.54 Å². The zero-order valence-corrected chi connectivity index (χ0v) is 11.6. The van der Waals surface area contributed by atoms with E-state index in [2.05, 4.69) is 15.1 Å². The van der Waals surface area contributed by atoms with Crippen LogP contribution in [0.25, 0.3) is 23.0 Å². The van der Waals surface area contributed by atoms with Gasteiger partial charge in [-0.25, -0.2) is 4.98 Å².